The summed E-state index contributed by atoms with van der Waals surface area (Å²) >= 11 is 0. The number of esters is 3. The molecule has 4 saturated carbocycles. The van der Waals surface area contributed by atoms with Crippen LogP contribution in [0.2, 0.25) is 0 Å². The van der Waals surface area contributed by atoms with Crippen LogP contribution >= 0.6 is 0 Å². The lowest BCUT2D eigenvalue weighted by molar-refractivity contribution is -0.224. The molecule has 0 unspecified atom stereocenters. The van der Waals surface area contributed by atoms with Gasteiger partial charge in [0.25, 0.3) is 0 Å². The lowest BCUT2D eigenvalue weighted by Crippen LogP contribution is -2.63. The second-order valence-corrected chi connectivity index (χ2v) is 13.2. The fraction of sp³-hybridized carbons (Fsp3) is 0.867. The largest absolute Gasteiger partial charge is 0.481 e. The minimum atomic E-state index is -0.790. The van der Waals surface area contributed by atoms with Gasteiger partial charge in [-0.3, -0.25) is 19.2 Å². The van der Waals surface area contributed by atoms with E-state index in [-0.39, 0.29) is 89.0 Å². The SMILES string of the molecule is CC(=O)O[C@@H]1CC[C@@]2(C)[C@@H](C1)C[C@@H](OC(C)=O)[C@@H]1[C@@H]2C[C@H](OC(C)=O)[C@]2(C)[C@@H]([C@H](C)CCC(=O)O)CC[C@@H]12. The van der Waals surface area contributed by atoms with E-state index in [4.69, 9.17) is 14.2 Å². The highest BCUT2D eigenvalue weighted by molar-refractivity contribution is 5.67. The first-order valence-electron chi connectivity index (χ1n) is 14.5. The molecule has 0 radical (unpaired) electrons. The maximum Gasteiger partial charge on any atom is 0.303 e. The van der Waals surface area contributed by atoms with Crippen molar-refractivity contribution in [1.82, 2.24) is 0 Å². The average molecular weight is 535 g/mol. The monoisotopic (exact) mass is 534 g/mol. The average Bonchev–Trinajstić information content (AvgIpc) is 3.16. The van der Waals surface area contributed by atoms with Gasteiger partial charge in [-0.1, -0.05) is 20.8 Å². The molecule has 4 fully saturated rings. The van der Waals surface area contributed by atoms with E-state index in [0.29, 0.717) is 12.8 Å². The molecule has 0 aromatic rings. The van der Waals surface area contributed by atoms with Crippen LogP contribution in [0, 0.1) is 46.3 Å². The minimum Gasteiger partial charge on any atom is -0.481 e. The zero-order valence-electron chi connectivity index (χ0n) is 23.9. The van der Waals surface area contributed by atoms with Crippen LogP contribution in [0.4, 0.5) is 0 Å². The first kappa shape index (κ1) is 28.9. The van der Waals surface area contributed by atoms with Crippen molar-refractivity contribution in [3.63, 3.8) is 0 Å². The Hall–Kier alpha value is -2.12. The zero-order valence-corrected chi connectivity index (χ0v) is 23.9. The highest BCUT2D eigenvalue weighted by atomic mass is 16.6. The Kier molecular flexibility index (Phi) is 8.21. The van der Waals surface area contributed by atoms with Crippen molar-refractivity contribution in [2.75, 3.05) is 0 Å². The predicted molar refractivity (Wildman–Crippen MR) is 139 cm³/mol. The Morgan fingerprint density at radius 1 is 0.868 bits per heavy atom. The van der Waals surface area contributed by atoms with Crippen molar-refractivity contribution in [2.24, 2.45) is 46.3 Å². The van der Waals surface area contributed by atoms with Gasteiger partial charge in [-0.2, -0.15) is 0 Å². The van der Waals surface area contributed by atoms with E-state index < -0.39 is 5.97 Å². The fourth-order valence-corrected chi connectivity index (χ4v) is 9.67. The van der Waals surface area contributed by atoms with Crippen molar-refractivity contribution in [3.05, 3.63) is 0 Å². The van der Waals surface area contributed by atoms with E-state index in [9.17, 15) is 24.3 Å². The van der Waals surface area contributed by atoms with Crippen molar-refractivity contribution in [3.8, 4) is 0 Å². The van der Waals surface area contributed by atoms with Gasteiger partial charge in [0.2, 0.25) is 0 Å². The predicted octanol–water partition coefficient (Wildman–Crippen LogP) is 5.16. The van der Waals surface area contributed by atoms with E-state index in [1.54, 1.807) is 0 Å². The van der Waals surface area contributed by atoms with E-state index in [1.165, 1.54) is 20.8 Å². The quantitative estimate of drug-likeness (QED) is 0.352. The molecule has 0 heterocycles. The zero-order chi connectivity index (χ0) is 28.0. The van der Waals surface area contributed by atoms with E-state index in [2.05, 4.69) is 20.8 Å². The number of carboxylic acids is 1. The molecule has 8 nitrogen and oxygen atoms in total. The highest BCUT2D eigenvalue weighted by Gasteiger charge is 2.67. The lowest BCUT2D eigenvalue weighted by atomic mass is 9.43. The smallest absolute Gasteiger partial charge is 0.303 e. The lowest BCUT2D eigenvalue weighted by Gasteiger charge is -2.64. The second-order valence-electron chi connectivity index (χ2n) is 13.2. The first-order valence-corrected chi connectivity index (χ1v) is 14.5. The highest BCUT2D eigenvalue weighted by Crippen LogP contribution is 2.69. The molecule has 1 N–H and O–H groups in total. The summed E-state index contributed by atoms with van der Waals surface area (Å²) in [4.78, 5) is 47.7. The molecule has 0 spiro atoms. The number of fused-ring (bicyclic) bond motifs is 5. The molecule has 0 aliphatic heterocycles. The van der Waals surface area contributed by atoms with Gasteiger partial charge >= 0.3 is 23.9 Å². The number of aliphatic carboxylic acids is 1. The summed E-state index contributed by atoms with van der Waals surface area (Å²) in [6, 6.07) is 0. The number of hydrogen-bond donors (Lipinski definition) is 1. The fourth-order valence-electron chi connectivity index (χ4n) is 9.67. The van der Waals surface area contributed by atoms with E-state index in [0.717, 1.165) is 38.5 Å². The molecule has 0 saturated heterocycles. The van der Waals surface area contributed by atoms with Crippen LogP contribution < -0.4 is 0 Å². The number of hydrogen-bond acceptors (Lipinski definition) is 7. The molecule has 38 heavy (non-hydrogen) atoms. The molecule has 0 aromatic carbocycles. The number of carbonyl (C=O) groups excluding carboxylic acids is 3. The molecule has 4 rings (SSSR count). The standard InChI is InChI=1S/C30H46O8/c1-16(7-10-27(34)35)22-8-9-23-28-24(15-26(30(22,23)6)38-19(4)33)29(5)12-11-21(36-17(2)31)13-20(29)14-25(28)37-18(3)32/h16,20-26,28H,7-15H2,1-6H3,(H,34,35)/t16-,20+,21-,22-,23+,24+,25-,26+,28+,29+,30-/m1/s1. The number of ether oxygens (including phenoxy) is 3. The van der Waals surface area contributed by atoms with Gasteiger partial charge in [-0.15, -0.1) is 0 Å². The van der Waals surface area contributed by atoms with Crippen molar-refractivity contribution in [1.29, 1.82) is 0 Å². The molecule has 0 bridgehead atoms. The second kappa shape index (κ2) is 10.8. The van der Waals surface area contributed by atoms with Crippen molar-refractivity contribution in [2.45, 2.75) is 118 Å². The number of carbonyl (C=O) groups is 4. The molecule has 0 aromatic heterocycles. The number of carboxylic acid groups (broad SMARTS) is 1. The minimum absolute atomic E-state index is 0.0370. The Morgan fingerprint density at radius 2 is 1.53 bits per heavy atom. The topological polar surface area (TPSA) is 116 Å². The molecule has 4 aliphatic carbocycles. The van der Waals surface area contributed by atoms with Gasteiger partial charge in [0.05, 0.1) is 0 Å². The summed E-state index contributed by atoms with van der Waals surface area (Å²) in [5.41, 5.74) is -0.355. The Balaban J connectivity index is 1.71. The van der Waals surface area contributed by atoms with Crippen LogP contribution in [0.1, 0.15) is 99.3 Å². The van der Waals surface area contributed by atoms with Crippen LogP contribution in [0.15, 0.2) is 0 Å². The normalized spacial score (nSPS) is 42.6. The number of rotatable bonds is 7. The molecule has 0 amide bonds. The van der Waals surface area contributed by atoms with Crippen molar-refractivity contribution >= 4 is 23.9 Å². The summed E-state index contributed by atoms with van der Waals surface area (Å²) in [6.07, 6.45) is 5.93. The molecular weight excluding hydrogens is 488 g/mol. The molecule has 4 aliphatic rings. The van der Waals surface area contributed by atoms with E-state index >= 15 is 0 Å². The summed E-state index contributed by atoms with van der Waals surface area (Å²) in [5, 5.41) is 9.31. The van der Waals surface area contributed by atoms with Gasteiger partial charge in [0.15, 0.2) is 0 Å². The molecule has 214 valence electrons. The molecule has 8 heteroatoms. The van der Waals surface area contributed by atoms with Gasteiger partial charge in [0.1, 0.15) is 18.3 Å². The van der Waals surface area contributed by atoms with Crippen LogP contribution in [-0.2, 0) is 33.4 Å². The van der Waals surface area contributed by atoms with Crippen molar-refractivity contribution < 1.29 is 38.5 Å². The maximum absolute atomic E-state index is 12.4. The van der Waals surface area contributed by atoms with Gasteiger partial charge in [0, 0.05) is 38.5 Å². The third-order valence-electron chi connectivity index (χ3n) is 11.2. The first-order chi connectivity index (χ1) is 17.8. The summed E-state index contributed by atoms with van der Waals surface area (Å²) in [7, 11) is 0. The third kappa shape index (κ3) is 5.21. The van der Waals surface area contributed by atoms with Crippen LogP contribution in [0.5, 0.6) is 0 Å². The Bertz CT molecular complexity index is 947. The van der Waals surface area contributed by atoms with E-state index in [1.807, 2.05) is 0 Å². The summed E-state index contributed by atoms with van der Waals surface area (Å²) in [5.74, 6) is -0.421. The third-order valence-corrected chi connectivity index (χ3v) is 11.2. The molecular formula is C30H46O8. The van der Waals surface area contributed by atoms with Crippen LogP contribution in [-0.4, -0.2) is 47.3 Å². The van der Waals surface area contributed by atoms with Gasteiger partial charge in [-0.25, -0.2) is 0 Å². The molecule has 11 atom stereocenters. The van der Waals surface area contributed by atoms with Gasteiger partial charge in [-0.05, 0) is 86.4 Å². The van der Waals surface area contributed by atoms with Crippen LogP contribution in [0.3, 0.4) is 0 Å². The summed E-state index contributed by atoms with van der Waals surface area (Å²) < 4.78 is 17.8. The van der Waals surface area contributed by atoms with Crippen LogP contribution in [0.25, 0.3) is 0 Å². The summed E-state index contributed by atoms with van der Waals surface area (Å²) in [6.45, 7) is 11.1. The van der Waals surface area contributed by atoms with Gasteiger partial charge < -0.3 is 19.3 Å². The Morgan fingerprint density at radius 3 is 2.13 bits per heavy atom. The Labute approximate surface area is 226 Å². The maximum atomic E-state index is 12.4.